The van der Waals surface area contributed by atoms with Crippen molar-refractivity contribution in [3.05, 3.63) is 65.7 Å². The number of para-hydroxylation sites is 1. The van der Waals surface area contributed by atoms with E-state index in [0.717, 1.165) is 5.56 Å². The lowest BCUT2D eigenvalue weighted by Gasteiger charge is -2.02. The summed E-state index contributed by atoms with van der Waals surface area (Å²) in [6, 6.07) is 13.6. The van der Waals surface area contributed by atoms with Gasteiger partial charge in [-0.15, -0.1) is 6.42 Å². The highest BCUT2D eigenvalue weighted by atomic mass is 16.5. The lowest BCUT2D eigenvalue weighted by Crippen LogP contribution is -1.94. The van der Waals surface area contributed by atoms with Crippen molar-refractivity contribution in [3.63, 3.8) is 0 Å². The number of aromatic hydroxyl groups is 1. The van der Waals surface area contributed by atoms with Crippen LogP contribution >= 0.6 is 0 Å². The molecular weight excluding hydrogens is 264 g/mol. The largest absolute Gasteiger partial charge is 0.507 e. The smallest absolute Gasteiger partial charge is 0.189 e. The molecule has 104 valence electrons. The molecule has 0 aromatic heterocycles. The Labute approximate surface area is 123 Å². The molecule has 0 aliphatic rings. The molecule has 0 bridgehead atoms. The summed E-state index contributed by atoms with van der Waals surface area (Å²) in [4.78, 5) is 12.0. The minimum atomic E-state index is -0.249. The Bertz CT molecular complexity index is 691. The summed E-state index contributed by atoms with van der Waals surface area (Å²) in [6.07, 6.45) is 8.21. The second kappa shape index (κ2) is 6.97. The fraction of sp³-hybridized carbons (Fsp3) is 0.0556. The quantitative estimate of drug-likeness (QED) is 0.518. The number of phenolic OH excluding ortho intramolecular Hbond substituents is 1. The highest BCUT2D eigenvalue weighted by molar-refractivity contribution is 6.08. The molecule has 0 aliphatic heterocycles. The van der Waals surface area contributed by atoms with Crippen molar-refractivity contribution in [1.29, 1.82) is 0 Å². The molecule has 2 rings (SSSR count). The molecule has 0 heterocycles. The molecule has 1 N–H and O–H groups in total. The molecule has 2 aromatic rings. The molecule has 0 saturated heterocycles. The number of allylic oxidation sites excluding steroid dienone is 1. The zero-order chi connectivity index (χ0) is 15.1. The topological polar surface area (TPSA) is 46.5 Å². The van der Waals surface area contributed by atoms with Crippen molar-refractivity contribution in [2.45, 2.75) is 0 Å². The maximum atomic E-state index is 12.0. The number of phenols is 1. The first-order chi connectivity index (χ1) is 10.2. The Morgan fingerprint density at radius 1 is 1.19 bits per heavy atom. The predicted octanol–water partition coefficient (Wildman–Crippen LogP) is 3.30. The Balaban J connectivity index is 2.06. The van der Waals surface area contributed by atoms with Crippen LogP contribution in [0.4, 0.5) is 0 Å². The number of ether oxygens (including phenoxy) is 1. The van der Waals surface area contributed by atoms with Crippen LogP contribution in [0, 0.1) is 12.3 Å². The number of carbonyl (C=O) groups is 1. The number of carbonyl (C=O) groups excluding carboxylic acids is 1. The number of terminal acetylenes is 1. The second-order valence-electron chi connectivity index (χ2n) is 4.28. The fourth-order valence-electron chi connectivity index (χ4n) is 1.74. The first-order valence-corrected chi connectivity index (χ1v) is 6.37. The summed E-state index contributed by atoms with van der Waals surface area (Å²) in [5, 5.41) is 9.61. The molecule has 3 heteroatoms. The van der Waals surface area contributed by atoms with Gasteiger partial charge in [-0.05, 0) is 35.9 Å². The van der Waals surface area contributed by atoms with Gasteiger partial charge in [0.2, 0.25) is 0 Å². The summed E-state index contributed by atoms with van der Waals surface area (Å²) in [7, 11) is 0. The summed E-state index contributed by atoms with van der Waals surface area (Å²) >= 11 is 0. The molecule has 0 fully saturated rings. The fourth-order valence-corrected chi connectivity index (χ4v) is 1.74. The van der Waals surface area contributed by atoms with Crippen molar-refractivity contribution < 1.29 is 14.6 Å². The molecule has 0 radical (unpaired) electrons. The third-order valence-corrected chi connectivity index (χ3v) is 2.80. The van der Waals surface area contributed by atoms with E-state index in [9.17, 15) is 9.90 Å². The Morgan fingerprint density at radius 2 is 1.90 bits per heavy atom. The van der Waals surface area contributed by atoms with E-state index in [1.165, 1.54) is 12.1 Å². The zero-order valence-corrected chi connectivity index (χ0v) is 11.3. The summed E-state index contributed by atoms with van der Waals surface area (Å²) in [6.45, 7) is 0.223. The van der Waals surface area contributed by atoms with E-state index in [1.807, 2.05) is 12.1 Å². The van der Waals surface area contributed by atoms with Gasteiger partial charge in [-0.25, -0.2) is 0 Å². The van der Waals surface area contributed by atoms with Crippen LogP contribution in [0.5, 0.6) is 11.5 Å². The maximum absolute atomic E-state index is 12.0. The number of hydrogen-bond donors (Lipinski definition) is 1. The Hall–Kier alpha value is -2.99. The van der Waals surface area contributed by atoms with E-state index in [4.69, 9.17) is 11.2 Å². The van der Waals surface area contributed by atoms with Gasteiger partial charge in [0.1, 0.15) is 18.1 Å². The minimum Gasteiger partial charge on any atom is -0.507 e. The summed E-state index contributed by atoms with van der Waals surface area (Å²) < 4.78 is 5.26. The SMILES string of the molecule is C#CCOc1ccc(/C=C/C(=O)c2ccccc2O)cc1. The van der Waals surface area contributed by atoms with E-state index in [-0.39, 0.29) is 23.7 Å². The van der Waals surface area contributed by atoms with E-state index < -0.39 is 0 Å². The average molecular weight is 278 g/mol. The number of rotatable bonds is 5. The monoisotopic (exact) mass is 278 g/mol. The van der Waals surface area contributed by atoms with Crippen LogP contribution in [0.1, 0.15) is 15.9 Å². The lowest BCUT2D eigenvalue weighted by atomic mass is 10.1. The first kappa shape index (κ1) is 14.4. The lowest BCUT2D eigenvalue weighted by molar-refractivity contribution is 0.104. The molecule has 0 atom stereocenters. The molecule has 3 nitrogen and oxygen atoms in total. The van der Waals surface area contributed by atoms with Crippen molar-refractivity contribution in [1.82, 2.24) is 0 Å². The molecule has 2 aromatic carbocycles. The van der Waals surface area contributed by atoms with E-state index in [1.54, 1.807) is 36.4 Å². The van der Waals surface area contributed by atoms with Crippen LogP contribution in [-0.4, -0.2) is 17.5 Å². The average Bonchev–Trinajstić information content (AvgIpc) is 2.52. The highest BCUT2D eigenvalue weighted by Gasteiger charge is 2.06. The number of ketones is 1. The van der Waals surface area contributed by atoms with Gasteiger partial charge in [-0.2, -0.15) is 0 Å². The summed E-state index contributed by atoms with van der Waals surface area (Å²) in [5.74, 6) is 2.80. The number of hydrogen-bond acceptors (Lipinski definition) is 3. The van der Waals surface area contributed by atoms with Gasteiger partial charge in [0.15, 0.2) is 5.78 Å². The third-order valence-electron chi connectivity index (χ3n) is 2.80. The number of benzene rings is 2. The van der Waals surface area contributed by atoms with Crippen LogP contribution in [0.3, 0.4) is 0 Å². The second-order valence-corrected chi connectivity index (χ2v) is 4.28. The molecule has 0 spiro atoms. The van der Waals surface area contributed by atoms with Gasteiger partial charge < -0.3 is 9.84 Å². The van der Waals surface area contributed by atoms with Gasteiger partial charge in [-0.1, -0.05) is 36.3 Å². The standard InChI is InChI=1S/C18H14O3/c1-2-13-21-15-10-7-14(8-11-15)9-12-18(20)16-5-3-4-6-17(16)19/h1,3-12,19H,13H2/b12-9+. The van der Waals surface area contributed by atoms with Gasteiger partial charge >= 0.3 is 0 Å². The van der Waals surface area contributed by atoms with Crippen LogP contribution in [0.15, 0.2) is 54.6 Å². The van der Waals surface area contributed by atoms with Gasteiger partial charge in [0, 0.05) is 0 Å². The normalized spacial score (nSPS) is 10.2. The van der Waals surface area contributed by atoms with Crippen LogP contribution in [0.25, 0.3) is 6.08 Å². The van der Waals surface area contributed by atoms with Crippen molar-refractivity contribution in [2.75, 3.05) is 6.61 Å². The van der Waals surface area contributed by atoms with Crippen molar-refractivity contribution in [3.8, 4) is 23.8 Å². The molecule has 0 aliphatic carbocycles. The van der Waals surface area contributed by atoms with E-state index in [0.29, 0.717) is 5.75 Å². The third kappa shape index (κ3) is 3.99. The molecule has 0 saturated carbocycles. The van der Waals surface area contributed by atoms with Crippen LogP contribution in [0.2, 0.25) is 0 Å². The summed E-state index contributed by atoms with van der Waals surface area (Å²) in [5.41, 5.74) is 1.13. The zero-order valence-electron chi connectivity index (χ0n) is 11.3. The maximum Gasteiger partial charge on any atom is 0.189 e. The van der Waals surface area contributed by atoms with Crippen LogP contribution in [-0.2, 0) is 0 Å². The highest BCUT2D eigenvalue weighted by Crippen LogP contribution is 2.18. The molecule has 0 unspecified atom stereocenters. The predicted molar refractivity (Wildman–Crippen MR) is 82.2 cm³/mol. The minimum absolute atomic E-state index is 0.0230. The van der Waals surface area contributed by atoms with Crippen molar-refractivity contribution in [2.24, 2.45) is 0 Å². The van der Waals surface area contributed by atoms with E-state index >= 15 is 0 Å². The van der Waals surface area contributed by atoms with Crippen molar-refractivity contribution >= 4 is 11.9 Å². The Morgan fingerprint density at radius 3 is 2.57 bits per heavy atom. The van der Waals surface area contributed by atoms with Gasteiger partial charge in [0.25, 0.3) is 0 Å². The van der Waals surface area contributed by atoms with Crippen LogP contribution < -0.4 is 4.74 Å². The Kier molecular flexibility index (Phi) is 4.79. The van der Waals surface area contributed by atoms with Gasteiger partial charge in [0.05, 0.1) is 5.56 Å². The van der Waals surface area contributed by atoms with Gasteiger partial charge in [-0.3, -0.25) is 4.79 Å². The molecule has 0 amide bonds. The molecule has 21 heavy (non-hydrogen) atoms. The van der Waals surface area contributed by atoms with E-state index in [2.05, 4.69) is 5.92 Å². The first-order valence-electron chi connectivity index (χ1n) is 6.37. The molecular formula is C18H14O3.